The van der Waals surface area contributed by atoms with Crippen molar-refractivity contribution in [1.82, 2.24) is 10.3 Å². The maximum atomic E-state index is 5.52. The third-order valence-corrected chi connectivity index (χ3v) is 3.42. The van der Waals surface area contributed by atoms with Crippen molar-refractivity contribution in [3.63, 3.8) is 0 Å². The Labute approximate surface area is 128 Å². The first-order valence-corrected chi connectivity index (χ1v) is 7.47. The SMILES string of the molecule is CC(C)NCc1coc(N(C)Cc2ccc(Br)cc2)n1. The first-order valence-electron chi connectivity index (χ1n) is 6.68. The topological polar surface area (TPSA) is 41.3 Å². The molecule has 4 nitrogen and oxygen atoms in total. The highest BCUT2D eigenvalue weighted by Gasteiger charge is 2.09. The van der Waals surface area contributed by atoms with Gasteiger partial charge < -0.3 is 14.6 Å². The first-order chi connectivity index (χ1) is 9.54. The Morgan fingerprint density at radius 3 is 2.65 bits per heavy atom. The zero-order valence-electron chi connectivity index (χ0n) is 12.1. The van der Waals surface area contributed by atoms with Gasteiger partial charge in [-0.25, -0.2) is 0 Å². The van der Waals surface area contributed by atoms with Crippen molar-refractivity contribution in [2.75, 3.05) is 11.9 Å². The summed E-state index contributed by atoms with van der Waals surface area (Å²) in [5.74, 6) is 0. The molecule has 20 heavy (non-hydrogen) atoms. The molecule has 2 rings (SSSR count). The Morgan fingerprint density at radius 2 is 2.00 bits per heavy atom. The van der Waals surface area contributed by atoms with Gasteiger partial charge in [-0.3, -0.25) is 0 Å². The average molecular weight is 338 g/mol. The van der Waals surface area contributed by atoms with Crippen molar-refractivity contribution in [2.45, 2.75) is 33.0 Å². The van der Waals surface area contributed by atoms with Gasteiger partial charge in [-0.05, 0) is 17.7 Å². The van der Waals surface area contributed by atoms with Gasteiger partial charge >= 0.3 is 0 Å². The van der Waals surface area contributed by atoms with Gasteiger partial charge in [-0.2, -0.15) is 4.98 Å². The van der Waals surface area contributed by atoms with Gasteiger partial charge in [-0.1, -0.05) is 41.9 Å². The Hall–Kier alpha value is -1.33. The summed E-state index contributed by atoms with van der Waals surface area (Å²) >= 11 is 3.44. The number of aromatic nitrogens is 1. The van der Waals surface area contributed by atoms with Crippen LogP contribution in [0.15, 0.2) is 39.4 Å². The van der Waals surface area contributed by atoms with E-state index in [4.69, 9.17) is 4.42 Å². The molecular formula is C15H20BrN3O. The van der Waals surface area contributed by atoms with Crippen LogP contribution in [0.3, 0.4) is 0 Å². The van der Waals surface area contributed by atoms with Crippen molar-refractivity contribution >= 4 is 21.9 Å². The van der Waals surface area contributed by atoms with E-state index in [0.29, 0.717) is 12.1 Å². The van der Waals surface area contributed by atoms with Crippen LogP contribution in [0.2, 0.25) is 0 Å². The van der Waals surface area contributed by atoms with E-state index in [1.54, 1.807) is 6.26 Å². The number of rotatable bonds is 6. The fourth-order valence-corrected chi connectivity index (χ4v) is 2.06. The summed E-state index contributed by atoms with van der Waals surface area (Å²) in [5.41, 5.74) is 2.15. The van der Waals surface area contributed by atoms with Gasteiger partial charge in [0.25, 0.3) is 6.01 Å². The summed E-state index contributed by atoms with van der Waals surface area (Å²) in [6.45, 7) is 5.72. The van der Waals surface area contributed by atoms with Gasteiger partial charge in [0.2, 0.25) is 0 Å². The zero-order chi connectivity index (χ0) is 14.5. The molecule has 108 valence electrons. The fraction of sp³-hybridized carbons (Fsp3) is 0.400. The molecule has 0 fully saturated rings. The van der Waals surface area contributed by atoms with E-state index in [1.165, 1.54) is 5.56 Å². The van der Waals surface area contributed by atoms with E-state index in [1.807, 2.05) is 24.1 Å². The summed E-state index contributed by atoms with van der Waals surface area (Å²) in [5, 5.41) is 3.32. The summed E-state index contributed by atoms with van der Waals surface area (Å²) < 4.78 is 6.61. The van der Waals surface area contributed by atoms with Crippen LogP contribution in [-0.4, -0.2) is 18.1 Å². The molecule has 0 aliphatic heterocycles. The molecule has 0 unspecified atom stereocenters. The van der Waals surface area contributed by atoms with Gasteiger partial charge in [-0.15, -0.1) is 0 Å². The minimum Gasteiger partial charge on any atom is -0.432 e. The molecule has 5 heteroatoms. The highest BCUT2D eigenvalue weighted by Crippen LogP contribution is 2.16. The molecular weight excluding hydrogens is 318 g/mol. The Balaban J connectivity index is 1.95. The van der Waals surface area contributed by atoms with Crippen LogP contribution in [-0.2, 0) is 13.1 Å². The summed E-state index contributed by atoms with van der Waals surface area (Å²) in [4.78, 5) is 6.49. The van der Waals surface area contributed by atoms with Crippen molar-refractivity contribution in [3.8, 4) is 0 Å². The molecule has 0 atom stereocenters. The molecule has 0 amide bonds. The van der Waals surface area contributed by atoms with Crippen LogP contribution in [0.5, 0.6) is 0 Å². The quantitative estimate of drug-likeness (QED) is 0.874. The third-order valence-electron chi connectivity index (χ3n) is 2.89. The number of nitrogens with zero attached hydrogens (tertiary/aromatic N) is 2. The lowest BCUT2D eigenvalue weighted by molar-refractivity contribution is 0.540. The number of oxazole rings is 1. The maximum absolute atomic E-state index is 5.52. The van der Waals surface area contributed by atoms with Crippen LogP contribution in [0.4, 0.5) is 6.01 Å². The lowest BCUT2D eigenvalue weighted by Gasteiger charge is -2.14. The molecule has 0 aliphatic carbocycles. The highest BCUT2D eigenvalue weighted by atomic mass is 79.9. The molecule has 1 aromatic carbocycles. The Kier molecular flexibility index (Phi) is 5.20. The van der Waals surface area contributed by atoms with Crippen molar-refractivity contribution in [1.29, 1.82) is 0 Å². The fourth-order valence-electron chi connectivity index (χ4n) is 1.79. The van der Waals surface area contributed by atoms with Gasteiger partial charge in [0.05, 0.1) is 5.69 Å². The number of nitrogens with one attached hydrogen (secondary N) is 1. The maximum Gasteiger partial charge on any atom is 0.297 e. The molecule has 0 aliphatic rings. The molecule has 0 bridgehead atoms. The van der Waals surface area contributed by atoms with Gasteiger partial charge in [0.15, 0.2) is 0 Å². The Bertz CT molecular complexity index is 536. The van der Waals surface area contributed by atoms with E-state index in [2.05, 4.69) is 52.2 Å². The lowest BCUT2D eigenvalue weighted by atomic mass is 10.2. The third kappa shape index (κ3) is 4.35. The lowest BCUT2D eigenvalue weighted by Crippen LogP contribution is -2.22. The monoisotopic (exact) mass is 337 g/mol. The average Bonchev–Trinajstić information content (AvgIpc) is 2.88. The number of halogens is 1. The van der Waals surface area contributed by atoms with Crippen LogP contribution in [0.1, 0.15) is 25.1 Å². The van der Waals surface area contributed by atoms with E-state index in [0.717, 1.165) is 23.3 Å². The van der Waals surface area contributed by atoms with Crippen LogP contribution in [0.25, 0.3) is 0 Å². The number of hydrogen-bond donors (Lipinski definition) is 1. The molecule has 0 spiro atoms. The van der Waals surface area contributed by atoms with Crippen LogP contribution in [0, 0.1) is 0 Å². The summed E-state index contributed by atoms with van der Waals surface area (Å²) in [6, 6.07) is 9.34. The normalized spacial score (nSPS) is 11.1. The van der Waals surface area contributed by atoms with Crippen LogP contribution >= 0.6 is 15.9 Å². The zero-order valence-corrected chi connectivity index (χ0v) is 13.6. The first kappa shape index (κ1) is 15.1. The smallest absolute Gasteiger partial charge is 0.297 e. The molecule has 1 aromatic heterocycles. The molecule has 0 saturated heterocycles. The van der Waals surface area contributed by atoms with Gasteiger partial charge in [0, 0.05) is 30.7 Å². The molecule has 0 radical (unpaired) electrons. The number of anilines is 1. The van der Waals surface area contributed by atoms with E-state index in [-0.39, 0.29) is 0 Å². The van der Waals surface area contributed by atoms with E-state index < -0.39 is 0 Å². The summed E-state index contributed by atoms with van der Waals surface area (Å²) in [7, 11) is 1.98. The molecule has 0 saturated carbocycles. The molecule has 1 N–H and O–H groups in total. The second kappa shape index (κ2) is 6.90. The summed E-state index contributed by atoms with van der Waals surface area (Å²) in [6.07, 6.45) is 1.71. The second-order valence-corrected chi connectivity index (χ2v) is 6.06. The van der Waals surface area contributed by atoms with E-state index >= 15 is 0 Å². The van der Waals surface area contributed by atoms with Crippen molar-refractivity contribution < 1.29 is 4.42 Å². The highest BCUT2D eigenvalue weighted by molar-refractivity contribution is 9.10. The predicted octanol–water partition coefficient (Wildman–Crippen LogP) is 3.57. The largest absolute Gasteiger partial charge is 0.432 e. The van der Waals surface area contributed by atoms with Gasteiger partial charge in [0.1, 0.15) is 6.26 Å². The van der Waals surface area contributed by atoms with E-state index in [9.17, 15) is 0 Å². The van der Waals surface area contributed by atoms with Crippen LogP contribution < -0.4 is 10.2 Å². The second-order valence-electron chi connectivity index (χ2n) is 5.14. The molecule has 1 heterocycles. The molecule has 2 aromatic rings. The minimum atomic E-state index is 0.440. The number of benzene rings is 1. The number of hydrogen-bond acceptors (Lipinski definition) is 4. The standard InChI is InChI=1S/C15H20BrN3O/c1-11(2)17-8-14-10-20-15(18-14)19(3)9-12-4-6-13(16)7-5-12/h4-7,10-11,17H,8-9H2,1-3H3. The minimum absolute atomic E-state index is 0.440. The van der Waals surface area contributed by atoms with Crippen molar-refractivity contribution in [2.24, 2.45) is 0 Å². The Morgan fingerprint density at radius 1 is 1.30 bits per heavy atom. The van der Waals surface area contributed by atoms with Crippen molar-refractivity contribution in [3.05, 3.63) is 46.3 Å². The predicted molar refractivity (Wildman–Crippen MR) is 84.7 cm³/mol.